The molecule has 1 aliphatic carbocycles. The van der Waals surface area contributed by atoms with E-state index < -0.39 is 23.5 Å². The van der Waals surface area contributed by atoms with Gasteiger partial charge in [-0.25, -0.2) is 9.07 Å². The second-order valence-corrected chi connectivity index (χ2v) is 10.9. The van der Waals surface area contributed by atoms with Gasteiger partial charge in [-0.1, -0.05) is 17.7 Å². The summed E-state index contributed by atoms with van der Waals surface area (Å²) < 4.78 is 58.4. The van der Waals surface area contributed by atoms with Gasteiger partial charge in [0.05, 0.1) is 29.3 Å². The van der Waals surface area contributed by atoms with Crippen molar-refractivity contribution in [2.24, 2.45) is 0 Å². The Balaban J connectivity index is 1.26. The van der Waals surface area contributed by atoms with Crippen molar-refractivity contribution in [3.63, 3.8) is 0 Å². The molecule has 13 heteroatoms. The first-order valence-electron chi connectivity index (χ1n) is 13.8. The predicted octanol–water partition coefficient (Wildman–Crippen LogP) is 5.36. The quantitative estimate of drug-likeness (QED) is 0.298. The second-order valence-electron chi connectivity index (χ2n) is 10.9. The Kier molecular flexibility index (Phi) is 7.21. The monoisotopic (exact) mass is 582 g/mol. The van der Waals surface area contributed by atoms with Crippen molar-refractivity contribution >= 4 is 17.3 Å². The minimum absolute atomic E-state index is 0.134. The molecule has 9 nitrogen and oxygen atoms in total. The number of carbonyl (C=O) groups is 1. The summed E-state index contributed by atoms with van der Waals surface area (Å²) in [6.45, 7) is 5.81. The summed E-state index contributed by atoms with van der Waals surface area (Å²) in [5.74, 6) is -1.96. The van der Waals surface area contributed by atoms with Crippen LogP contribution in [0, 0.1) is 19.7 Å². The summed E-state index contributed by atoms with van der Waals surface area (Å²) in [6.07, 6.45) is 1.84. The Morgan fingerprint density at radius 3 is 2.45 bits per heavy atom. The van der Waals surface area contributed by atoms with E-state index in [9.17, 15) is 18.0 Å². The highest BCUT2D eigenvalue weighted by atomic mass is 19.4. The highest BCUT2D eigenvalue weighted by Crippen LogP contribution is 2.38. The van der Waals surface area contributed by atoms with Crippen molar-refractivity contribution in [1.82, 2.24) is 30.1 Å². The van der Waals surface area contributed by atoms with E-state index in [1.165, 1.54) is 17.2 Å². The van der Waals surface area contributed by atoms with Crippen LogP contribution < -0.4 is 10.2 Å². The van der Waals surface area contributed by atoms with Gasteiger partial charge < -0.3 is 10.2 Å². The number of hydrogen-bond donors (Lipinski definition) is 2. The molecule has 0 spiro atoms. The molecule has 2 aromatic carbocycles. The molecular weight excluding hydrogens is 552 g/mol. The number of carbonyl (C=O) groups excluding carboxylic acids is 1. The topological polar surface area (TPSA) is 95.0 Å². The number of aromatic nitrogens is 5. The molecule has 2 aromatic heterocycles. The fourth-order valence-corrected chi connectivity index (χ4v) is 5.51. The lowest BCUT2D eigenvalue weighted by Gasteiger charge is -2.43. The van der Waals surface area contributed by atoms with Gasteiger partial charge in [0.1, 0.15) is 5.69 Å². The number of aromatic amines is 1. The first-order chi connectivity index (χ1) is 20.1. The maximum atomic E-state index is 15.2. The maximum absolute atomic E-state index is 15.2. The third-order valence-corrected chi connectivity index (χ3v) is 8.18. The van der Waals surface area contributed by atoms with Gasteiger partial charge in [-0.3, -0.25) is 14.8 Å². The molecule has 1 saturated heterocycles. The van der Waals surface area contributed by atoms with Gasteiger partial charge in [0.25, 0.3) is 5.91 Å². The molecule has 0 atom stereocenters. The molecule has 1 aliphatic heterocycles. The van der Waals surface area contributed by atoms with Gasteiger partial charge in [-0.05, 0) is 56.5 Å². The molecule has 3 heterocycles. The summed E-state index contributed by atoms with van der Waals surface area (Å²) in [7, 11) is 0. The molecule has 220 valence electrons. The van der Waals surface area contributed by atoms with Gasteiger partial charge in [0, 0.05) is 54.7 Å². The Morgan fingerprint density at radius 2 is 1.81 bits per heavy atom. The first-order valence-corrected chi connectivity index (χ1v) is 13.8. The maximum Gasteiger partial charge on any atom is 0.419 e. The van der Waals surface area contributed by atoms with Crippen molar-refractivity contribution < 1.29 is 22.4 Å². The van der Waals surface area contributed by atoms with Crippen molar-refractivity contribution in [2.45, 2.75) is 45.3 Å². The van der Waals surface area contributed by atoms with Gasteiger partial charge >= 0.3 is 6.18 Å². The molecular formula is C29H30F4N8O. The van der Waals surface area contributed by atoms with Crippen LogP contribution in [0.2, 0.25) is 0 Å². The Hall–Kier alpha value is -4.26. The number of alkyl halides is 3. The number of nitrogens with one attached hydrogen (secondary N) is 2. The minimum Gasteiger partial charge on any atom is -0.367 e. The number of piperazine rings is 1. The van der Waals surface area contributed by atoms with Crippen LogP contribution in [-0.4, -0.2) is 68.2 Å². The van der Waals surface area contributed by atoms with Gasteiger partial charge in [-0.2, -0.15) is 18.3 Å². The van der Waals surface area contributed by atoms with Gasteiger partial charge in [0.15, 0.2) is 5.82 Å². The number of anilines is 2. The fourth-order valence-electron chi connectivity index (χ4n) is 5.51. The van der Waals surface area contributed by atoms with Crippen LogP contribution in [0.25, 0.3) is 16.9 Å². The molecule has 1 amide bonds. The second kappa shape index (κ2) is 10.9. The molecule has 6 rings (SSSR count). The molecule has 0 unspecified atom stereocenters. The lowest BCUT2D eigenvalue weighted by atomic mass is 9.91. The zero-order chi connectivity index (χ0) is 29.6. The zero-order valence-corrected chi connectivity index (χ0v) is 23.2. The van der Waals surface area contributed by atoms with E-state index in [-0.39, 0.29) is 16.9 Å². The number of hydrogen-bond acceptors (Lipinski definition) is 6. The molecule has 2 N–H and O–H groups in total. The van der Waals surface area contributed by atoms with Crippen LogP contribution in [0.3, 0.4) is 0 Å². The van der Waals surface area contributed by atoms with Crippen LogP contribution >= 0.6 is 0 Å². The van der Waals surface area contributed by atoms with E-state index in [2.05, 4.69) is 30.7 Å². The number of amides is 1. The lowest BCUT2D eigenvalue weighted by molar-refractivity contribution is -0.139. The standard InChI is InChI=1S/C29H30F4N8O/c1-17-6-7-19(12-25(17)41-16-24(37-38-41)22-15-34-36-18(22)2)28(42)35-20-13-23(29(31,32)33)27(30)26(14-20)40-10-8-39(9-11-40)21-4-3-5-21/h6-7,12-16,21H,3-5,8-11H2,1-2H3,(H,34,36)(H,35,42). The first kappa shape index (κ1) is 27.9. The summed E-state index contributed by atoms with van der Waals surface area (Å²) in [5.41, 5.74) is 2.05. The van der Waals surface area contributed by atoms with Crippen molar-refractivity contribution in [2.75, 3.05) is 36.4 Å². The zero-order valence-electron chi connectivity index (χ0n) is 23.2. The Labute approximate surface area is 239 Å². The molecule has 2 aliphatic rings. The number of benzene rings is 2. The van der Waals surface area contributed by atoms with E-state index in [1.807, 2.05) is 13.8 Å². The number of halogens is 4. The lowest BCUT2D eigenvalue weighted by Crippen LogP contribution is -2.52. The predicted molar refractivity (Wildman–Crippen MR) is 149 cm³/mol. The SMILES string of the molecule is Cc1ccc(C(=O)Nc2cc(N3CCN(C4CCC4)CC3)c(F)c(C(F)(F)F)c2)cc1-n1cc(-c2cn[nH]c2C)nn1. The van der Waals surface area contributed by atoms with Gasteiger partial charge in [0.2, 0.25) is 0 Å². The third kappa shape index (κ3) is 5.36. The molecule has 4 aromatic rings. The fraction of sp³-hybridized carbons (Fsp3) is 0.379. The molecule has 1 saturated carbocycles. The van der Waals surface area contributed by atoms with E-state index in [0.717, 1.165) is 29.7 Å². The molecule has 42 heavy (non-hydrogen) atoms. The summed E-state index contributed by atoms with van der Waals surface area (Å²) in [5, 5.41) is 17.8. The molecule has 0 bridgehead atoms. The average Bonchev–Trinajstić information content (AvgIpc) is 3.57. The molecule has 2 fully saturated rings. The summed E-state index contributed by atoms with van der Waals surface area (Å²) in [4.78, 5) is 17.2. The summed E-state index contributed by atoms with van der Waals surface area (Å²) >= 11 is 0. The van der Waals surface area contributed by atoms with Crippen LogP contribution in [0.15, 0.2) is 42.7 Å². The minimum atomic E-state index is -4.93. The van der Waals surface area contributed by atoms with Crippen LogP contribution in [-0.2, 0) is 6.18 Å². The van der Waals surface area contributed by atoms with Crippen LogP contribution in [0.1, 0.15) is 46.4 Å². The Morgan fingerprint density at radius 1 is 1.05 bits per heavy atom. The Bertz CT molecular complexity index is 1620. The number of H-pyrrole nitrogens is 1. The van der Waals surface area contributed by atoms with Crippen LogP contribution in [0.4, 0.5) is 28.9 Å². The smallest absolute Gasteiger partial charge is 0.367 e. The van der Waals surface area contributed by atoms with Crippen molar-refractivity contribution in [3.05, 3.63) is 70.9 Å². The normalized spacial score (nSPS) is 16.5. The largest absolute Gasteiger partial charge is 0.419 e. The third-order valence-electron chi connectivity index (χ3n) is 8.18. The number of aryl methyl sites for hydroxylation is 2. The summed E-state index contributed by atoms with van der Waals surface area (Å²) in [6, 6.07) is 7.31. The van der Waals surface area contributed by atoms with Crippen molar-refractivity contribution in [1.29, 1.82) is 0 Å². The van der Waals surface area contributed by atoms with E-state index >= 15 is 4.39 Å². The number of rotatable bonds is 6. The van der Waals surface area contributed by atoms with E-state index in [4.69, 9.17) is 0 Å². The van der Waals surface area contributed by atoms with Gasteiger partial charge in [-0.15, -0.1) is 5.10 Å². The average molecular weight is 583 g/mol. The van der Waals surface area contributed by atoms with Crippen LogP contribution in [0.5, 0.6) is 0 Å². The van der Waals surface area contributed by atoms with Crippen molar-refractivity contribution in [3.8, 4) is 16.9 Å². The highest BCUT2D eigenvalue weighted by Gasteiger charge is 2.37. The van der Waals surface area contributed by atoms with E-state index in [1.54, 1.807) is 35.5 Å². The number of nitrogens with zero attached hydrogens (tertiary/aromatic N) is 6. The highest BCUT2D eigenvalue weighted by molar-refractivity contribution is 6.05. The van der Waals surface area contributed by atoms with E-state index in [0.29, 0.717) is 49.7 Å². The molecule has 0 radical (unpaired) electrons.